The predicted molar refractivity (Wildman–Crippen MR) is 120 cm³/mol. The molecule has 1 aromatic carbocycles. The summed E-state index contributed by atoms with van der Waals surface area (Å²) in [5.41, 5.74) is 1.93. The molecule has 4 rings (SSSR count). The number of imidazole rings is 1. The highest BCUT2D eigenvalue weighted by atomic mass is 32.1. The highest BCUT2D eigenvalue weighted by Crippen LogP contribution is 2.30. The van der Waals surface area contributed by atoms with Crippen LogP contribution in [0.5, 0.6) is 5.75 Å². The van der Waals surface area contributed by atoms with E-state index in [1.807, 2.05) is 35.0 Å². The highest BCUT2D eigenvalue weighted by molar-refractivity contribution is 7.20. The lowest BCUT2D eigenvalue weighted by molar-refractivity contribution is -0.125. The summed E-state index contributed by atoms with van der Waals surface area (Å²) in [5, 5.41) is 8.77. The van der Waals surface area contributed by atoms with E-state index in [1.54, 1.807) is 18.4 Å². The van der Waals surface area contributed by atoms with Crippen LogP contribution >= 0.6 is 11.3 Å². The molecule has 8 heteroatoms. The first-order valence-electron chi connectivity index (χ1n) is 10.6. The molecule has 30 heavy (non-hydrogen) atoms. The number of hydrogen-bond donors (Lipinski definition) is 1. The minimum absolute atomic E-state index is 0.0250. The maximum atomic E-state index is 12.5. The summed E-state index contributed by atoms with van der Waals surface area (Å²) < 4.78 is 7.06. The van der Waals surface area contributed by atoms with Crippen LogP contribution < -0.4 is 15.0 Å². The average Bonchev–Trinajstić information content (AvgIpc) is 3.33. The van der Waals surface area contributed by atoms with Gasteiger partial charge in [-0.15, -0.1) is 5.10 Å². The zero-order valence-electron chi connectivity index (χ0n) is 17.8. The molecule has 7 nitrogen and oxygen atoms in total. The second-order valence-corrected chi connectivity index (χ2v) is 9.16. The van der Waals surface area contributed by atoms with E-state index in [-0.39, 0.29) is 11.8 Å². The van der Waals surface area contributed by atoms with Crippen molar-refractivity contribution in [1.29, 1.82) is 0 Å². The Labute approximate surface area is 181 Å². The number of hydrogen-bond acceptors (Lipinski definition) is 6. The first-order valence-corrected chi connectivity index (χ1v) is 11.4. The van der Waals surface area contributed by atoms with Gasteiger partial charge < -0.3 is 15.0 Å². The molecule has 160 valence electrons. The van der Waals surface area contributed by atoms with Crippen LogP contribution in [0.4, 0.5) is 5.13 Å². The molecule has 1 saturated heterocycles. The summed E-state index contributed by atoms with van der Waals surface area (Å²) in [7, 11) is 1.66. The fraction of sp³-hybridized carbons (Fsp3) is 0.500. The largest absolute Gasteiger partial charge is 0.497 e. The summed E-state index contributed by atoms with van der Waals surface area (Å²) in [6.07, 6.45) is 4.91. The van der Waals surface area contributed by atoms with E-state index in [1.165, 1.54) is 0 Å². The number of piperidine rings is 1. The Morgan fingerprint density at radius 3 is 2.83 bits per heavy atom. The number of methoxy groups -OCH3 is 1. The van der Waals surface area contributed by atoms with Gasteiger partial charge in [0.1, 0.15) is 5.75 Å². The van der Waals surface area contributed by atoms with Gasteiger partial charge in [0.05, 0.1) is 24.9 Å². The maximum Gasteiger partial charge on any atom is 0.224 e. The van der Waals surface area contributed by atoms with E-state index in [4.69, 9.17) is 14.8 Å². The van der Waals surface area contributed by atoms with E-state index in [0.29, 0.717) is 5.92 Å². The van der Waals surface area contributed by atoms with E-state index in [9.17, 15) is 4.79 Å². The molecule has 1 aliphatic heterocycles. The van der Waals surface area contributed by atoms with Crippen LogP contribution in [-0.4, -0.2) is 47.2 Å². The predicted octanol–water partition coefficient (Wildman–Crippen LogP) is 3.85. The summed E-state index contributed by atoms with van der Waals surface area (Å²) in [6.45, 7) is 6.75. The summed E-state index contributed by atoms with van der Waals surface area (Å²) in [5.74, 6) is 1.62. The smallest absolute Gasteiger partial charge is 0.224 e. The molecular formula is C22H29N5O2S. The van der Waals surface area contributed by atoms with Crippen LogP contribution in [0.25, 0.3) is 16.2 Å². The van der Waals surface area contributed by atoms with Crippen LogP contribution in [-0.2, 0) is 4.79 Å². The van der Waals surface area contributed by atoms with Gasteiger partial charge in [0.25, 0.3) is 0 Å². The molecule has 1 aliphatic rings. The lowest BCUT2D eigenvalue weighted by Gasteiger charge is -2.31. The third kappa shape index (κ3) is 4.59. The zero-order chi connectivity index (χ0) is 21.1. The average molecular weight is 428 g/mol. The number of nitrogens with one attached hydrogen (secondary N) is 1. The van der Waals surface area contributed by atoms with Crippen LogP contribution in [0, 0.1) is 11.8 Å². The molecule has 2 aromatic heterocycles. The number of carbonyl (C=O) groups excluding carboxylic acids is 1. The number of fused-ring (bicyclic) bond motifs is 1. The fourth-order valence-electron chi connectivity index (χ4n) is 3.71. The zero-order valence-corrected chi connectivity index (χ0v) is 18.6. The molecule has 1 amide bonds. The Bertz CT molecular complexity index is 963. The van der Waals surface area contributed by atoms with E-state index < -0.39 is 0 Å². The number of aromatic nitrogens is 3. The van der Waals surface area contributed by atoms with Gasteiger partial charge in [0, 0.05) is 25.2 Å². The number of anilines is 1. The second-order valence-electron chi connectivity index (χ2n) is 8.23. The van der Waals surface area contributed by atoms with Crippen LogP contribution in [0.3, 0.4) is 0 Å². The van der Waals surface area contributed by atoms with Crippen molar-refractivity contribution < 1.29 is 9.53 Å². The van der Waals surface area contributed by atoms with Gasteiger partial charge in [-0.1, -0.05) is 25.2 Å². The van der Waals surface area contributed by atoms with Gasteiger partial charge >= 0.3 is 0 Å². The van der Waals surface area contributed by atoms with Gasteiger partial charge in [-0.25, -0.2) is 9.50 Å². The second kappa shape index (κ2) is 9.04. The molecule has 1 atom stereocenters. The summed E-state index contributed by atoms with van der Waals surface area (Å²) in [6, 6.07) is 7.86. The molecule has 0 bridgehead atoms. The van der Waals surface area contributed by atoms with Crippen molar-refractivity contribution in [2.45, 2.75) is 33.1 Å². The van der Waals surface area contributed by atoms with Crippen molar-refractivity contribution in [2.24, 2.45) is 11.8 Å². The number of benzene rings is 1. The Morgan fingerprint density at radius 2 is 2.13 bits per heavy atom. The van der Waals surface area contributed by atoms with E-state index in [2.05, 4.69) is 24.1 Å². The number of amides is 1. The minimum atomic E-state index is 0.0250. The molecule has 3 heterocycles. The third-order valence-electron chi connectivity index (χ3n) is 5.50. The Morgan fingerprint density at radius 1 is 1.33 bits per heavy atom. The van der Waals surface area contributed by atoms with Crippen molar-refractivity contribution in [1.82, 2.24) is 19.9 Å². The molecule has 0 saturated carbocycles. The Balaban J connectivity index is 1.42. The monoisotopic (exact) mass is 427 g/mol. The minimum Gasteiger partial charge on any atom is -0.497 e. The highest BCUT2D eigenvalue weighted by Gasteiger charge is 2.27. The van der Waals surface area contributed by atoms with Gasteiger partial charge in [0.15, 0.2) is 0 Å². The van der Waals surface area contributed by atoms with Crippen LogP contribution in [0.2, 0.25) is 0 Å². The van der Waals surface area contributed by atoms with Gasteiger partial charge in [-0.05, 0) is 49.4 Å². The molecule has 3 aromatic rings. The molecular weight excluding hydrogens is 398 g/mol. The SMILES string of the molecule is COc1ccc(-c2cn3nc(N4CCC[C@@H](C(=O)NCCC(C)C)C4)sc3n2)cc1. The lowest BCUT2D eigenvalue weighted by Crippen LogP contribution is -2.43. The van der Waals surface area contributed by atoms with Crippen LogP contribution in [0.15, 0.2) is 30.5 Å². The Kier molecular flexibility index (Phi) is 6.22. The standard InChI is InChI=1S/C22H29N5O2S/c1-15(2)10-11-23-20(28)17-5-4-12-26(13-17)22-25-27-14-19(24-21(27)30-22)16-6-8-18(29-3)9-7-16/h6-9,14-15,17H,4-5,10-13H2,1-3H3,(H,23,28)/t17-/m1/s1. The molecule has 0 radical (unpaired) electrons. The van der Waals surface area contributed by atoms with E-state index in [0.717, 1.165) is 66.0 Å². The van der Waals surface area contributed by atoms with Crippen molar-refractivity contribution in [3.63, 3.8) is 0 Å². The fourth-order valence-corrected chi connectivity index (χ4v) is 4.63. The lowest BCUT2D eigenvalue weighted by atomic mass is 9.97. The topological polar surface area (TPSA) is 71.8 Å². The number of nitrogens with zero attached hydrogens (tertiary/aromatic N) is 4. The van der Waals surface area contributed by atoms with Crippen molar-refractivity contribution in [3.05, 3.63) is 30.5 Å². The maximum absolute atomic E-state index is 12.5. The van der Waals surface area contributed by atoms with Crippen molar-refractivity contribution >= 4 is 27.3 Å². The van der Waals surface area contributed by atoms with Gasteiger partial charge in [-0.2, -0.15) is 0 Å². The van der Waals surface area contributed by atoms with Crippen LogP contribution in [0.1, 0.15) is 33.1 Å². The van der Waals surface area contributed by atoms with E-state index >= 15 is 0 Å². The number of rotatable bonds is 7. The molecule has 0 unspecified atom stereocenters. The number of ether oxygens (including phenoxy) is 1. The summed E-state index contributed by atoms with van der Waals surface area (Å²) >= 11 is 1.57. The van der Waals surface area contributed by atoms with Crippen molar-refractivity contribution in [2.75, 3.05) is 31.6 Å². The van der Waals surface area contributed by atoms with Gasteiger partial charge in [0.2, 0.25) is 16.0 Å². The summed E-state index contributed by atoms with van der Waals surface area (Å²) in [4.78, 5) is 20.4. The van der Waals surface area contributed by atoms with Crippen molar-refractivity contribution in [3.8, 4) is 17.0 Å². The normalized spacial score (nSPS) is 16.9. The molecule has 0 aliphatic carbocycles. The molecule has 0 spiro atoms. The first-order chi connectivity index (χ1) is 14.5. The first kappa shape index (κ1) is 20.7. The third-order valence-corrected chi connectivity index (χ3v) is 6.49. The number of carbonyl (C=O) groups is 1. The van der Waals surface area contributed by atoms with Gasteiger partial charge in [-0.3, -0.25) is 4.79 Å². The Hall–Kier alpha value is -2.61. The quantitative estimate of drug-likeness (QED) is 0.620. The molecule has 1 fully saturated rings. The molecule has 1 N–H and O–H groups in total.